The summed E-state index contributed by atoms with van der Waals surface area (Å²) in [5.74, 6) is 1.92. The van der Waals surface area contributed by atoms with Gasteiger partial charge in [-0.2, -0.15) is 0 Å². The van der Waals surface area contributed by atoms with Crippen molar-refractivity contribution in [3.05, 3.63) is 176 Å². The van der Waals surface area contributed by atoms with E-state index in [0.29, 0.717) is 0 Å². The van der Waals surface area contributed by atoms with Crippen LogP contribution in [-0.4, -0.2) is 8.07 Å². The summed E-state index contributed by atoms with van der Waals surface area (Å²) in [7, 11) is -2.00. The zero-order valence-corrected chi connectivity index (χ0v) is 27.6. The first kappa shape index (κ1) is 28.8. The fraction of sp³-hybridized carbons (Fsp3) is 0.0455. The Hall–Kier alpha value is -5.64. The lowest BCUT2D eigenvalue weighted by atomic mass is 9.99. The van der Waals surface area contributed by atoms with Crippen LogP contribution in [0.3, 0.4) is 0 Å². The molecule has 1 heterocycles. The van der Waals surface area contributed by atoms with Crippen molar-refractivity contribution in [2.45, 2.75) is 13.1 Å². The molecule has 0 aliphatic carbocycles. The average Bonchev–Trinajstić information content (AvgIpc) is 3.13. The number of rotatable bonds is 6. The van der Waals surface area contributed by atoms with Gasteiger partial charge in [0.1, 0.15) is 13.8 Å². The smallest absolute Gasteiger partial charge is 0.151 e. The van der Waals surface area contributed by atoms with Crippen LogP contribution in [0.15, 0.2) is 176 Å². The third-order valence-corrected chi connectivity index (χ3v) is 12.8. The number of para-hydroxylation sites is 2. The van der Waals surface area contributed by atoms with E-state index in [4.69, 9.17) is 4.74 Å². The average molecular weight is 622 g/mol. The van der Waals surface area contributed by atoms with E-state index in [2.05, 4.69) is 194 Å². The number of ether oxygens (including phenoxy) is 1. The molecule has 1 aliphatic heterocycles. The lowest BCUT2D eigenvalue weighted by Crippen LogP contribution is -2.56. The number of hydrogen-bond donors (Lipinski definition) is 0. The van der Waals surface area contributed by atoms with Crippen LogP contribution in [0.2, 0.25) is 13.1 Å². The van der Waals surface area contributed by atoms with Gasteiger partial charge in [0.2, 0.25) is 0 Å². The maximum absolute atomic E-state index is 6.80. The molecule has 7 aromatic rings. The minimum Gasteiger partial charge on any atom is -0.455 e. The van der Waals surface area contributed by atoms with Crippen molar-refractivity contribution >= 4 is 35.5 Å². The Morgan fingerprint density at radius 1 is 0.404 bits per heavy atom. The summed E-state index contributed by atoms with van der Waals surface area (Å²) in [5.41, 5.74) is 10.4. The van der Waals surface area contributed by atoms with Gasteiger partial charge in [-0.3, -0.25) is 0 Å². The van der Waals surface area contributed by atoms with Crippen LogP contribution in [0.1, 0.15) is 0 Å². The summed E-state index contributed by atoms with van der Waals surface area (Å²) < 4.78 is 6.80. The van der Waals surface area contributed by atoms with E-state index < -0.39 is 8.07 Å². The van der Waals surface area contributed by atoms with Gasteiger partial charge in [0.25, 0.3) is 0 Å². The molecule has 0 radical (unpaired) electrons. The molecule has 0 aromatic heterocycles. The van der Waals surface area contributed by atoms with Crippen LogP contribution in [0.5, 0.6) is 11.5 Å². The fourth-order valence-corrected chi connectivity index (χ4v) is 9.61. The van der Waals surface area contributed by atoms with Gasteiger partial charge in [-0.1, -0.05) is 147 Å². The Labute approximate surface area is 278 Å². The predicted molar refractivity (Wildman–Crippen MR) is 201 cm³/mol. The third-order valence-electron chi connectivity index (χ3n) is 9.34. The Balaban J connectivity index is 1.23. The first-order valence-corrected chi connectivity index (χ1v) is 19.2. The van der Waals surface area contributed by atoms with Gasteiger partial charge in [0.15, 0.2) is 5.75 Å². The lowest BCUT2D eigenvalue weighted by molar-refractivity contribution is 0.488. The zero-order valence-electron chi connectivity index (χ0n) is 26.6. The molecule has 226 valence electrons. The first-order chi connectivity index (χ1) is 23.1. The standard InChI is InChI=1S/C44H35NOSi/c1-47(2)42-21-10-9-20-41(42)46-44-40(19-12-22-43(44)47)45(38-27-23-34(24-28-38)32-13-5-3-6-14-32)39-29-25-35(26-30-39)37-18-11-17-36(31-37)33-15-7-4-8-16-33/h3-31H,1-2H3. The molecule has 0 saturated carbocycles. The van der Waals surface area contributed by atoms with Gasteiger partial charge in [-0.15, -0.1) is 0 Å². The Morgan fingerprint density at radius 3 is 1.47 bits per heavy atom. The highest BCUT2D eigenvalue weighted by Gasteiger charge is 2.38. The molecular formula is C44H35NOSi. The normalized spacial score (nSPS) is 12.8. The molecule has 0 spiro atoms. The minimum atomic E-state index is -2.00. The van der Waals surface area contributed by atoms with Gasteiger partial charge in [0, 0.05) is 11.4 Å². The minimum absolute atomic E-state index is 0.953. The molecule has 1 aliphatic rings. The summed E-state index contributed by atoms with van der Waals surface area (Å²) in [6, 6.07) is 62.9. The van der Waals surface area contributed by atoms with E-state index in [1.165, 1.54) is 43.8 Å². The first-order valence-electron chi connectivity index (χ1n) is 16.2. The van der Waals surface area contributed by atoms with Crippen LogP contribution in [0.25, 0.3) is 33.4 Å². The van der Waals surface area contributed by atoms with Crippen LogP contribution >= 0.6 is 0 Å². The highest BCUT2D eigenvalue weighted by Crippen LogP contribution is 2.44. The topological polar surface area (TPSA) is 12.5 Å². The number of benzene rings is 7. The quantitative estimate of drug-likeness (QED) is 0.171. The molecule has 0 atom stereocenters. The lowest BCUT2D eigenvalue weighted by Gasteiger charge is -2.36. The van der Waals surface area contributed by atoms with Gasteiger partial charge in [-0.05, 0) is 86.2 Å². The highest BCUT2D eigenvalue weighted by molar-refractivity contribution is 7.01. The van der Waals surface area contributed by atoms with Crippen molar-refractivity contribution in [3.8, 4) is 44.9 Å². The van der Waals surface area contributed by atoms with E-state index >= 15 is 0 Å². The van der Waals surface area contributed by atoms with Crippen molar-refractivity contribution in [1.82, 2.24) is 0 Å². The molecule has 47 heavy (non-hydrogen) atoms. The maximum Gasteiger partial charge on any atom is 0.151 e. The fourth-order valence-electron chi connectivity index (χ4n) is 6.80. The maximum atomic E-state index is 6.80. The molecule has 0 bridgehead atoms. The van der Waals surface area contributed by atoms with E-state index in [1.807, 2.05) is 0 Å². The molecule has 0 fully saturated rings. The van der Waals surface area contributed by atoms with Crippen molar-refractivity contribution < 1.29 is 4.74 Å². The summed E-state index contributed by atoms with van der Waals surface area (Å²) in [6.45, 7) is 4.85. The summed E-state index contributed by atoms with van der Waals surface area (Å²) in [6.07, 6.45) is 0. The summed E-state index contributed by atoms with van der Waals surface area (Å²) in [5, 5.41) is 2.65. The van der Waals surface area contributed by atoms with Crippen molar-refractivity contribution in [2.75, 3.05) is 4.90 Å². The number of fused-ring (bicyclic) bond motifs is 2. The van der Waals surface area contributed by atoms with E-state index in [1.54, 1.807) is 0 Å². The zero-order chi connectivity index (χ0) is 31.8. The van der Waals surface area contributed by atoms with Crippen LogP contribution < -0.4 is 20.0 Å². The SMILES string of the molecule is C[Si]1(C)c2ccccc2Oc2c(N(c3ccc(-c4ccccc4)cc3)c3ccc(-c4cccc(-c5ccccc5)c4)cc3)cccc21. The van der Waals surface area contributed by atoms with Crippen LogP contribution in [0.4, 0.5) is 17.1 Å². The number of nitrogens with zero attached hydrogens (tertiary/aromatic N) is 1. The Bertz CT molecular complexity index is 2170. The van der Waals surface area contributed by atoms with Gasteiger partial charge >= 0.3 is 0 Å². The van der Waals surface area contributed by atoms with E-state index in [-0.39, 0.29) is 0 Å². The van der Waals surface area contributed by atoms with Gasteiger partial charge in [0.05, 0.1) is 5.69 Å². The van der Waals surface area contributed by atoms with E-state index in [0.717, 1.165) is 28.6 Å². The van der Waals surface area contributed by atoms with Gasteiger partial charge < -0.3 is 9.64 Å². The molecule has 0 N–H and O–H groups in total. The number of hydrogen-bond acceptors (Lipinski definition) is 2. The summed E-state index contributed by atoms with van der Waals surface area (Å²) >= 11 is 0. The second kappa shape index (κ2) is 11.9. The van der Waals surface area contributed by atoms with Crippen molar-refractivity contribution in [1.29, 1.82) is 0 Å². The van der Waals surface area contributed by atoms with Crippen LogP contribution in [0, 0.1) is 0 Å². The molecule has 0 unspecified atom stereocenters. The second-order valence-corrected chi connectivity index (χ2v) is 16.9. The molecule has 0 amide bonds. The van der Waals surface area contributed by atoms with Crippen LogP contribution in [-0.2, 0) is 0 Å². The van der Waals surface area contributed by atoms with Crippen molar-refractivity contribution in [2.24, 2.45) is 0 Å². The summed E-state index contributed by atoms with van der Waals surface area (Å²) in [4.78, 5) is 2.34. The molecule has 3 heteroatoms. The number of anilines is 3. The largest absolute Gasteiger partial charge is 0.455 e. The molecular weight excluding hydrogens is 587 g/mol. The highest BCUT2D eigenvalue weighted by atomic mass is 28.3. The monoisotopic (exact) mass is 621 g/mol. The van der Waals surface area contributed by atoms with Crippen molar-refractivity contribution in [3.63, 3.8) is 0 Å². The Kier molecular flexibility index (Phi) is 7.32. The predicted octanol–water partition coefficient (Wildman–Crippen LogP) is 11.1. The Morgan fingerprint density at radius 2 is 0.851 bits per heavy atom. The molecule has 2 nitrogen and oxygen atoms in total. The molecule has 8 rings (SSSR count). The second-order valence-electron chi connectivity index (χ2n) is 12.6. The van der Waals surface area contributed by atoms with E-state index in [9.17, 15) is 0 Å². The molecule has 0 saturated heterocycles. The third kappa shape index (κ3) is 5.35. The van der Waals surface area contributed by atoms with Gasteiger partial charge in [-0.25, -0.2) is 0 Å². The molecule has 7 aromatic carbocycles.